The van der Waals surface area contributed by atoms with Gasteiger partial charge in [-0.05, 0) is 49.4 Å². The van der Waals surface area contributed by atoms with Gasteiger partial charge in [-0.1, -0.05) is 41.9 Å². The molecule has 6 rings (SSSR count). The maximum Gasteiger partial charge on any atom is 0.270 e. The third-order valence-electron chi connectivity index (χ3n) is 5.76. The van der Waals surface area contributed by atoms with Crippen LogP contribution in [0.5, 0.6) is 0 Å². The maximum absolute atomic E-state index is 13.9. The molecule has 0 aliphatic carbocycles. The van der Waals surface area contributed by atoms with Gasteiger partial charge >= 0.3 is 0 Å². The average Bonchev–Trinajstić information content (AvgIpc) is 3.69. The van der Waals surface area contributed by atoms with E-state index in [1.165, 1.54) is 22.7 Å². The number of nitrogens with zero attached hydrogens (tertiary/aromatic N) is 4. The minimum absolute atomic E-state index is 0.136. The molecule has 2 aromatic carbocycles. The topological polar surface area (TPSA) is 64.2 Å². The molecule has 9 heteroatoms. The third-order valence-corrected chi connectivity index (χ3v) is 7.97. The number of furan rings is 1. The Balaban J connectivity index is 1.39. The second-order valence-electron chi connectivity index (χ2n) is 8.16. The first-order chi connectivity index (χ1) is 17.6. The van der Waals surface area contributed by atoms with Crippen molar-refractivity contribution >= 4 is 55.5 Å². The molecular formula is C27H19ClN4O2S2. The first-order valence-corrected chi connectivity index (χ1v) is 13.2. The summed E-state index contributed by atoms with van der Waals surface area (Å²) in [4.78, 5) is 21.9. The van der Waals surface area contributed by atoms with E-state index in [0.29, 0.717) is 20.8 Å². The summed E-state index contributed by atoms with van der Waals surface area (Å²) in [5, 5.41) is 8.87. The number of amides is 1. The van der Waals surface area contributed by atoms with Gasteiger partial charge in [-0.25, -0.2) is 9.67 Å². The Morgan fingerprint density at radius 2 is 1.89 bits per heavy atom. The Morgan fingerprint density at radius 1 is 1.08 bits per heavy atom. The molecular weight excluding hydrogens is 512 g/mol. The first-order valence-electron chi connectivity index (χ1n) is 11.2. The number of thiazole rings is 1. The van der Waals surface area contributed by atoms with Gasteiger partial charge in [-0.3, -0.25) is 9.69 Å². The minimum atomic E-state index is -0.136. The molecule has 0 bridgehead atoms. The van der Waals surface area contributed by atoms with Gasteiger partial charge in [-0.15, -0.1) is 22.7 Å². The quantitative estimate of drug-likeness (QED) is 0.222. The van der Waals surface area contributed by atoms with Crippen molar-refractivity contribution in [2.45, 2.75) is 13.5 Å². The number of anilines is 1. The van der Waals surface area contributed by atoms with Gasteiger partial charge in [0.25, 0.3) is 5.91 Å². The van der Waals surface area contributed by atoms with Crippen molar-refractivity contribution in [2.75, 3.05) is 4.90 Å². The number of carbonyl (C=O) groups excluding carboxylic acids is 1. The fourth-order valence-corrected chi connectivity index (χ4v) is 6.05. The van der Waals surface area contributed by atoms with E-state index in [9.17, 15) is 4.79 Å². The lowest BCUT2D eigenvalue weighted by Gasteiger charge is -2.18. The first kappa shape index (κ1) is 22.7. The van der Waals surface area contributed by atoms with E-state index in [1.54, 1.807) is 11.2 Å². The van der Waals surface area contributed by atoms with Gasteiger partial charge < -0.3 is 4.42 Å². The number of hydrogen-bond acceptors (Lipinski definition) is 6. The molecule has 0 atom stereocenters. The van der Waals surface area contributed by atoms with Gasteiger partial charge in [0.1, 0.15) is 10.6 Å². The van der Waals surface area contributed by atoms with E-state index in [-0.39, 0.29) is 12.5 Å². The molecule has 4 aromatic heterocycles. The maximum atomic E-state index is 13.9. The predicted octanol–water partition coefficient (Wildman–Crippen LogP) is 7.61. The van der Waals surface area contributed by atoms with Crippen molar-refractivity contribution < 1.29 is 9.21 Å². The number of halogens is 1. The number of carbonyl (C=O) groups is 1. The predicted molar refractivity (Wildman–Crippen MR) is 145 cm³/mol. The van der Waals surface area contributed by atoms with Crippen LogP contribution in [0.4, 0.5) is 5.13 Å². The van der Waals surface area contributed by atoms with Gasteiger partial charge in [0.15, 0.2) is 5.13 Å². The van der Waals surface area contributed by atoms with Crippen molar-refractivity contribution in [3.63, 3.8) is 0 Å². The average molecular weight is 531 g/mol. The summed E-state index contributed by atoms with van der Waals surface area (Å²) in [7, 11) is 0. The van der Waals surface area contributed by atoms with E-state index in [2.05, 4.69) is 0 Å². The highest BCUT2D eigenvalue weighted by Crippen LogP contribution is 2.34. The molecule has 0 saturated heterocycles. The lowest BCUT2D eigenvalue weighted by molar-refractivity contribution is 0.0987. The highest BCUT2D eigenvalue weighted by molar-refractivity contribution is 7.20. The minimum Gasteiger partial charge on any atom is -0.467 e. The SMILES string of the molecule is Cc1nn(-c2ccccc2)c2sc(C(=O)N(Cc3ccco3)c3nc(-c4ccc(Cl)cc4)cs3)cc12. The van der Waals surface area contributed by atoms with Crippen molar-refractivity contribution in [1.29, 1.82) is 0 Å². The van der Waals surface area contributed by atoms with Gasteiger partial charge in [0.05, 0.1) is 34.8 Å². The van der Waals surface area contributed by atoms with Crippen LogP contribution in [0.15, 0.2) is 88.9 Å². The van der Waals surface area contributed by atoms with Crippen LogP contribution in [-0.2, 0) is 6.54 Å². The summed E-state index contributed by atoms with van der Waals surface area (Å²) < 4.78 is 7.47. The summed E-state index contributed by atoms with van der Waals surface area (Å²) in [6, 6.07) is 23.0. The Labute approximate surface area is 220 Å². The second-order valence-corrected chi connectivity index (χ2v) is 10.5. The molecule has 0 radical (unpaired) electrons. The molecule has 0 saturated carbocycles. The van der Waals surface area contributed by atoms with Crippen LogP contribution >= 0.6 is 34.3 Å². The van der Waals surface area contributed by atoms with Crippen LogP contribution in [0, 0.1) is 6.92 Å². The lowest BCUT2D eigenvalue weighted by atomic mass is 10.2. The van der Waals surface area contributed by atoms with Crippen LogP contribution in [-0.4, -0.2) is 20.7 Å². The Bertz CT molecular complexity index is 1650. The molecule has 4 heterocycles. The van der Waals surface area contributed by atoms with E-state index in [0.717, 1.165) is 32.9 Å². The molecule has 6 aromatic rings. The summed E-state index contributed by atoms with van der Waals surface area (Å²) in [5.74, 6) is 0.544. The molecule has 0 fully saturated rings. The number of benzene rings is 2. The smallest absolute Gasteiger partial charge is 0.270 e. The van der Waals surface area contributed by atoms with E-state index < -0.39 is 0 Å². The fraction of sp³-hybridized carbons (Fsp3) is 0.0741. The van der Waals surface area contributed by atoms with Crippen LogP contribution in [0.1, 0.15) is 21.1 Å². The number of hydrogen-bond donors (Lipinski definition) is 0. The number of rotatable bonds is 6. The molecule has 0 spiro atoms. The monoisotopic (exact) mass is 530 g/mol. The standard InChI is InChI=1S/C27H19ClN4O2S2/c1-17-22-14-24(36-26(22)32(30-17)20-6-3-2-4-7-20)25(33)31(15-21-8-5-13-34-21)27-29-23(16-35-27)18-9-11-19(28)12-10-18/h2-14,16H,15H2,1H3. The van der Waals surface area contributed by atoms with E-state index in [4.69, 9.17) is 26.1 Å². The summed E-state index contributed by atoms with van der Waals surface area (Å²) in [6.07, 6.45) is 1.61. The lowest BCUT2D eigenvalue weighted by Crippen LogP contribution is -2.29. The summed E-state index contributed by atoms with van der Waals surface area (Å²) in [5.41, 5.74) is 3.56. The van der Waals surface area contributed by atoms with Crippen molar-refractivity contribution in [3.05, 3.63) is 106 Å². The number of aromatic nitrogens is 3. The molecule has 0 aliphatic rings. The number of thiophene rings is 1. The van der Waals surface area contributed by atoms with Crippen molar-refractivity contribution in [3.8, 4) is 16.9 Å². The zero-order chi connectivity index (χ0) is 24.6. The summed E-state index contributed by atoms with van der Waals surface area (Å²) in [6.45, 7) is 2.24. The molecule has 6 nitrogen and oxygen atoms in total. The van der Waals surface area contributed by atoms with E-state index >= 15 is 0 Å². The zero-order valence-corrected chi connectivity index (χ0v) is 21.5. The zero-order valence-electron chi connectivity index (χ0n) is 19.1. The molecule has 0 N–H and O–H groups in total. The number of aryl methyl sites for hydroxylation is 1. The molecule has 178 valence electrons. The normalized spacial score (nSPS) is 11.3. The highest BCUT2D eigenvalue weighted by atomic mass is 35.5. The second kappa shape index (κ2) is 9.39. The van der Waals surface area contributed by atoms with Crippen LogP contribution in [0.3, 0.4) is 0 Å². The van der Waals surface area contributed by atoms with E-state index in [1.807, 2.05) is 89.8 Å². The molecule has 0 unspecified atom stereocenters. The molecule has 36 heavy (non-hydrogen) atoms. The Kier molecular flexibility index (Phi) is 5.92. The summed E-state index contributed by atoms with van der Waals surface area (Å²) >= 11 is 8.89. The Hall–Kier alpha value is -3.72. The molecule has 0 aliphatic heterocycles. The Morgan fingerprint density at radius 3 is 2.64 bits per heavy atom. The van der Waals surface area contributed by atoms with Crippen molar-refractivity contribution in [1.82, 2.24) is 14.8 Å². The third kappa shape index (κ3) is 4.24. The number of para-hydroxylation sites is 1. The number of fused-ring (bicyclic) bond motifs is 1. The van der Waals surface area contributed by atoms with Crippen molar-refractivity contribution in [2.24, 2.45) is 0 Å². The van der Waals surface area contributed by atoms with Gasteiger partial charge in [0, 0.05) is 21.4 Å². The van der Waals surface area contributed by atoms with Gasteiger partial charge in [-0.2, -0.15) is 5.10 Å². The molecule has 1 amide bonds. The largest absolute Gasteiger partial charge is 0.467 e. The van der Waals surface area contributed by atoms with Gasteiger partial charge in [0.2, 0.25) is 0 Å². The highest BCUT2D eigenvalue weighted by Gasteiger charge is 2.26. The van der Waals surface area contributed by atoms with Crippen LogP contribution in [0.25, 0.3) is 27.2 Å². The fourth-order valence-electron chi connectivity index (χ4n) is 3.96. The van der Waals surface area contributed by atoms with Crippen LogP contribution < -0.4 is 4.90 Å². The van der Waals surface area contributed by atoms with Crippen LogP contribution in [0.2, 0.25) is 5.02 Å².